The van der Waals surface area contributed by atoms with Gasteiger partial charge in [-0.2, -0.15) is 0 Å². The molecule has 86 valence electrons. The standard InChI is InChI=1S/C12H9ClFN3/c1-6-15-10-11(17(6)2)8-5-7(14)3-4-9(8)16-12(10)13/h3-5H,1-2H3. The second-order valence-electron chi connectivity index (χ2n) is 3.98. The Bertz CT molecular complexity index is 748. The molecule has 0 amide bonds. The van der Waals surface area contributed by atoms with Crippen LogP contribution in [0.25, 0.3) is 21.9 Å². The van der Waals surface area contributed by atoms with E-state index < -0.39 is 0 Å². The molecular formula is C12H9ClFN3. The molecule has 0 unspecified atom stereocenters. The number of aryl methyl sites for hydroxylation is 2. The second-order valence-corrected chi connectivity index (χ2v) is 4.34. The van der Waals surface area contributed by atoms with Gasteiger partial charge in [0.2, 0.25) is 0 Å². The van der Waals surface area contributed by atoms with Crippen LogP contribution in [-0.4, -0.2) is 14.5 Å². The van der Waals surface area contributed by atoms with Crippen LogP contribution in [0.1, 0.15) is 5.82 Å². The third kappa shape index (κ3) is 1.41. The zero-order chi connectivity index (χ0) is 12.2. The predicted molar refractivity (Wildman–Crippen MR) is 65.7 cm³/mol. The molecule has 0 radical (unpaired) electrons. The van der Waals surface area contributed by atoms with Crippen LogP contribution >= 0.6 is 11.6 Å². The highest BCUT2D eigenvalue weighted by Gasteiger charge is 2.13. The highest BCUT2D eigenvalue weighted by atomic mass is 35.5. The number of rotatable bonds is 0. The van der Waals surface area contributed by atoms with Crippen molar-refractivity contribution in [2.24, 2.45) is 7.05 Å². The molecule has 0 aliphatic carbocycles. The molecule has 0 N–H and O–H groups in total. The van der Waals surface area contributed by atoms with E-state index >= 15 is 0 Å². The van der Waals surface area contributed by atoms with Gasteiger partial charge in [0.1, 0.15) is 17.2 Å². The summed E-state index contributed by atoms with van der Waals surface area (Å²) >= 11 is 6.08. The fraction of sp³-hybridized carbons (Fsp3) is 0.167. The molecule has 0 saturated carbocycles. The van der Waals surface area contributed by atoms with Gasteiger partial charge in [0, 0.05) is 12.4 Å². The lowest BCUT2D eigenvalue weighted by Gasteiger charge is -2.03. The van der Waals surface area contributed by atoms with Crippen LogP contribution in [0.4, 0.5) is 4.39 Å². The summed E-state index contributed by atoms with van der Waals surface area (Å²) in [4.78, 5) is 8.56. The Balaban J connectivity index is 2.64. The highest BCUT2D eigenvalue weighted by molar-refractivity contribution is 6.35. The summed E-state index contributed by atoms with van der Waals surface area (Å²) in [7, 11) is 1.88. The van der Waals surface area contributed by atoms with Gasteiger partial charge in [-0.15, -0.1) is 0 Å². The van der Waals surface area contributed by atoms with E-state index in [1.165, 1.54) is 12.1 Å². The number of imidazole rings is 1. The van der Waals surface area contributed by atoms with Crippen molar-refractivity contribution in [1.82, 2.24) is 14.5 Å². The Morgan fingerprint density at radius 1 is 1.29 bits per heavy atom. The molecule has 3 aromatic rings. The van der Waals surface area contributed by atoms with Gasteiger partial charge in [-0.3, -0.25) is 0 Å². The first-order chi connectivity index (χ1) is 8.08. The minimum absolute atomic E-state index is 0.290. The number of hydrogen-bond acceptors (Lipinski definition) is 2. The smallest absolute Gasteiger partial charge is 0.157 e. The lowest BCUT2D eigenvalue weighted by Crippen LogP contribution is -1.92. The zero-order valence-corrected chi connectivity index (χ0v) is 10.1. The maximum absolute atomic E-state index is 13.3. The summed E-state index contributed by atoms with van der Waals surface area (Å²) in [5.41, 5.74) is 2.11. The molecule has 5 heteroatoms. The van der Waals surface area contributed by atoms with Gasteiger partial charge in [-0.1, -0.05) is 11.6 Å². The Morgan fingerprint density at radius 2 is 2.06 bits per heavy atom. The Labute approximate surface area is 102 Å². The number of nitrogens with zero attached hydrogens (tertiary/aromatic N) is 3. The number of hydrogen-bond donors (Lipinski definition) is 0. The highest BCUT2D eigenvalue weighted by Crippen LogP contribution is 2.29. The molecule has 1 aromatic carbocycles. The predicted octanol–water partition coefficient (Wildman–Crippen LogP) is 3.22. The van der Waals surface area contributed by atoms with E-state index in [2.05, 4.69) is 9.97 Å². The molecule has 0 atom stereocenters. The topological polar surface area (TPSA) is 30.7 Å². The van der Waals surface area contributed by atoms with Gasteiger partial charge in [0.25, 0.3) is 0 Å². The molecule has 0 bridgehead atoms. The average Bonchev–Trinajstić information content (AvgIpc) is 2.58. The van der Waals surface area contributed by atoms with Crippen LogP contribution in [0.15, 0.2) is 18.2 Å². The molecule has 0 spiro atoms. The van der Waals surface area contributed by atoms with Crippen molar-refractivity contribution in [2.75, 3.05) is 0 Å². The quantitative estimate of drug-likeness (QED) is 0.573. The molecule has 2 heterocycles. The minimum atomic E-state index is -0.290. The first-order valence-corrected chi connectivity index (χ1v) is 5.53. The molecule has 0 saturated heterocycles. The second kappa shape index (κ2) is 3.40. The van der Waals surface area contributed by atoms with E-state index in [1.807, 2.05) is 18.5 Å². The van der Waals surface area contributed by atoms with Crippen molar-refractivity contribution in [3.63, 3.8) is 0 Å². The fourth-order valence-corrected chi connectivity index (χ4v) is 2.24. The van der Waals surface area contributed by atoms with Crippen molar-refractivity contribution >= 4 is 33.5 Å². The Morgan fingerprint density at radius 3 is 2.82 bits per heavy atom. The van der Waals surface area contributed by atoms with Crippen molar-refractivity contribution in [2.45, 2.75) is 6.92 Å². The third-order valence-corrected chi connectivity index (χ3v) is 3.21. The lowest BCUT2D eigenvalue weighted by molar-refractivity contribution is 0.629. The maximum atomic E-state index is 13.3. The van der Waals surface area contributed by atoms with E-state index in [0.717, 1.165) is 16.7 Å². The van der Waals surface area contributed by atoms with Crippen LogP contribution in [0.3, 0.4) is 0 Å². The van der Waals surface area contributed by atoms with E-state index in [4.69, 9.17) is 11.6 Å². The van der Waals surface area contributed by atoms with E-state index in [1.54, 1.807) is 6.07 Å². The lowest BCUT2D eigenvalue weighted by atomic mass is 10.2. The Kier molecular flexibility index (Phi) is 2.10. The van der Waals surface area contributed by atoms with Crippen LogP contribution < -0.4 is 0 Å². The van der Waals surface area contributed by atoms with Gasteiger partial charge < -0.3 is 4.57 Å². The first-order valence-electron chi connectivity index (χ1n) is 5.15. The van der Waals surface area contributed by atoms with Gasteiger partial charge in [-0.25, -0.2) is 14.4 Å². The number of benzene rings is 1. The number of halogens is 2. The van der Waals surface area contributed by atoms with Crippen LogP contribution in [0.2, 0.25) is 5.15 Å². The van der Waals surface area contributed by atoms with E-state index in [0.29, 0.717) is 16.2 Å². The number of pyridine rings is 1. The van der Waals surface area contributed by atoms with Crippen molar-refractivity contribution < 1.29 is 4.39 Å². The molecule has 0 fully saturated rings. The zero-order valence-electron chi connectivity index (χ0n) is 9.33. The molecule has 3 rings (SSSR count). The molecule has 2 aromatic heterocycles. The number of fused-ring (bicyclic) bond motifs is 3. The van der Waals surface area contributed by atoms with E-state index in [-0.39, 0.29) is 5.82 Å². The Hall–Kier alpha value is -1.68. The summed E-state index contributed by atoms with van der Waals surface area (Å²) in [6, 6.07) is 4.46. The molecular weight excluding hydrogens is 241 g/mol. The van der Waals surface area contributed by atoms with Gasteiger partial charge >= 0.3 is 0 Å². The van der Waals surface area contributed by atoms with Gasteiger partial charge in [-0.05, 0) is 25.1 Å². The van der Waals surface area contributed by atoms with E-state index in [9.17, 15) is 4.39 Å². The average molecular weight is 250 g/mol. The maximum Gasteiger partial charge on any atom is 0.157 e. The SMILES string of the molecule is Cc1nc2c(Cl)nc3ccc(F)cc3c2n1C. The monoisotopic (exact) mass is 249 g/mol. The fourth-order valence-electron chi connectivity index (χ4n) is 2.02. The van der Waals surface area contributed by atoms with Gasteiger partial charge in [0.05, 0.1) is 11.0 Å². The summed E-state index contributed by atoms with van der Waals surface area (Å²) in [6.45, 7) is 1.88. The summed E-state index contributed by atoms with van der Waals surface area (Å²) < 4.78 is 15.2. The summed E-state index contributed by atoms with van der Waals surface area (Å²) in [6.07, 6.45) is 0. The van der Waals surface area contributed by atoms with Crippen molar-refractivity contribution in [1.29, 1.82) is 0 Å². The van der Waals surface area contributed by atoms with Crippen LogP contribution in [0, 0.1) is 12.7 Å². The molecule has 3 nitrogen and oxygen atoms in total. The summed E-state index contributed by atoms with van der Waals surface area (Å²) in [5, 5.41) is 1.08. The molecule has 0 aliphatic rings. The summed E-state index contributed by atoms with van der Waals surface area (Å²) in [5.74, 6) is 0.530. The normalized spacial score (nSPS) is 11.5. The van der Waals surface area contributed by atoms with Crippen LogP contribution in [-0.2, 0) is 7.05 Å². The minimum Gasteiger partial charge on any atom is -0.331 e. The first kappa shape index (κ1) is 10.5. The van der Waals surface area contributed by atoms with Crippen molar-refractivity contribution in [3.8, 4) is 0 Å². The third-order valence-electron chi connectivity index (χ3n) is 2.95. The largest absolute Gasteiger partial charge is 0.331 e. The molecule has 0 aliphatic heterocycles. The molecule has 17 heavy (non-hydrogen) atoms. The van der Waals surface area contributed by atoms with Crippen molar-refractivity contribution in [3.05, 3.63) is 35.0 Å². The van der Waals surface area contributed by atoms with Crippen LogP contribution in [0.5, 0.6) is 0 Å². The number of aromatic nitrogens is 3. The van der Waals surface area contributed by atoms with Gasteiger partial charge in [0.15, 0.2) is 5.15 Å².